The van der Waals surface area contributed by atoms with Crippen molar-refractivity contribution in [1.29, 1.82) is 0 Å². The molecule has 2 N–H and O–H groups in total. The van der Waals surface area contributed by atoms with E-state index in [4.69, 9.17) is 4.65 Å². The fourth-order valence-electron chi connectivity index (χ4n) is 1.29. The zero-order valence-electron chi connectivity index (χ0n) is 6.07. The number of hydrogen-bond donors (Lipinski definition) is 2. The van der Waals surface area contributed by atoms with E-state index in [0.29, 0.717) is 11.0 Å². The van der Waals surface area contributed by atoms with Crippen LogP contribution in [0.4, 0.5) is 0 Å². The molecule has 1 aliphatic rings. The third-order valence-electron chi connectivity index (χ3n) is 1.86. The lowest BCUT2D eigenvalue weighted by molar-refractivity contribution is -0.0224. The highest BCUT2D eigenvalue weighted by Gasteiger charge is 2.35. The Kier molecular flexibility index (Phi) is 2.11. The molecule has 0 spiro atoms. The Morgan fingerprint density at radius 3 is 2.92 bits per heavy atom. The van der Waals surface area contributed by atoms with Crippen LogP contribution in [0.1, 0.15) is 11.9 Å². The normalized spacial score (nSPS) is 21.2. The molecule has 1 aromatic rings. The van der Waals surface area contributed by atoms with Gasteiger partial charge in [-0.15, -0.1) is 0 Å². The van der Waals surface area contributed by atoms with E-state index >= 15 is 0 Å². The van der Waals surface area contributed by atoms with E-state index in [2.05, 4.69) is 22.6 Å². The molecular weight excluding hydrogens is 270 g/mol. The Labute approximate surface area is 83.6 Å². The Morgan fingerprint density at radius 1 is 1.50 bits per heavy atom. The van der Waals surface area contributed by atoms with E-state index < -0.39 is 13.4 Å². The standard InChI is InChI=1S/C7H6BIO3/c9-5-3-1-2-4-6(5)7(10)12-8(4)11/h1-3,7,10-11H. The molecule has 0 radical (unpaired) electrons. The molecule has 1 unspecified atom stereocenters. The van der Waals surface area contributed by atoms with Crippen molar-refractivity contribution >= 4 is 35.2 Å². The van der Waals surface area contributed by atoms with Crippen LogP contribution in [0, 0.1) is 3.57 Å². The monoisotopic (exact) mass is 276 g/mol. The molecule has 0 aromatic heterocycles. The van der Waals surface area contributed by atoms with Crippen molar-refractivity contribution in [2.45, 2.75) is 6.29 Å². The van der Waals surface area contributed by atoms with Gasteiger partial charge < -0.3 is 14.8 Å². The Bertz CT molecular complexity index is 318. The fourth-order valence-corrected chi connectivity index (χ4v) is 2.08. The van der Waals surface area contributed by atoms with Gasteiger partial charge in [-0.25, -0.2) is 0 Å². The van der Waals surface area contributed by atoms with Gasteiger partial charge in [0.25, 0.3) is 0 Å². The lowest BCUT2D eigenvalue weighted by atomic mass is 9.80. The van der Waals surface area contributed by atoms with Gasteiger partial charge in [-0.2, -0.15) is 0 Å². The summed E-state index contributed by atoms with van der Waals surface area (Å²) < 4.78 is 5.73. The first-order chi connectivity index (χ1) is 5.70. The van der Waals surface area contributed by atoms with Crippen molar-refractivity contribution in [3.8, 4) is 0 Å². The van der Waals surface area contributed by atoms with E-state index in [9.17, 15) is 10.1 Å². The highest BCUT2D eigenvalue weighted by atomic mass is 127. The molecule has 0 amide bonds. The van der Waals surface area contributed by atoms with Crippen molar-refractivity contribution in [2.75, 3.05) is 0 Å². The number of fused-ring (bicyclic) bond motifs is 1. The van der Waals surface area contributed by atoms with Crippen LogP contribution in [0.3, 0.4) is 0 Å². The Morgan fingerprint density at radius 2 is 2.25 bits per heavy atom. The lowest BCUT2D eigenvalue weighted by Crippen LogP contribution is -2.28. The summed E-state index contributed by atoms with van der Waals surface area (Å²) in [5.41, 5.74) is 1.35. The van der Waals surface area contributed by atoms with Crippen molar-refractivity contribution in [3.63, 3.8) is 0 Å². The zero-order valence-corrected chi connectivity index (χ0v) is 8.22. The number of rotatable bonds is 0. The quantitative estimate of drug-likeness (QED) is 0.518. The summed E-state index contributed by atoms with van der Waals surface area (Å²) in [5.74, 6) is 0. The van der Waals surface area contributed by atoms with E-state index in [-0.39, 0.29) is 0 Å². The van der Waals surface area contributed by atoms with Crippen LogP contribution < -0.4 is 5.46 Å². The van der Waals surface area contributed by atoms with E-state index in [1.165, 1.54) is 0 Å². The average Bonchev–Trinajstić information content (AvgIpc) is 2.29. The minimum absolute atomic E-state index is 0.661. The second-order valence-corrected chi connectivity index (χ2v) is 3.75. The number of benzene rings is 1. The highest BCUT2D eigenvalue weighted by molar-refractivity contribution is 14.1. The molecule has 1 heterocycles. The third-order valence-corrected chi connectivity index (χ3v) is 2.80. The Balaban J connectivity index is 2.59. The van der Waals surface area contributed by atoms with Gasteiger partial charge in [0.15, 0.2) is 6.29 Å². The lowest BCUT2D eigenvalue weighted by Gasteiger charge is -2.04. The molecule has 0 fully saturated rings. The van der Waals surface area contributed by atoms with Gasteiger partial charge in [0.1, 0.15) is 0 Å². The van der Waals surface area contributed by atoms with Gasteiger partial charge in [0, 0.05) is 9.13 Å². The fraction of sp³-hybridized carbons (Fsp3) is 0.143. The van der Waals surface area contributed by atoms with Crippen LogP contribution in [0.5, 0.6) is 0 Å². The van der Waals surface area contributed by atoms with Gasteiger partial charge in [0.2, 0.25) is 0 Å². The maximum Gasteiger partial charge on any atom is 0.493 e. The average molecular weight is 276 g/mol. The smallest absolute Gasteiger partial charge is 0.423 e. The van der Waals surface area contributed by atoms with Crippen molar-refractivity contribution in [1.82, 2.24) is 0 Å². The van der Waals surface area contributed by atoms with E-state index in [1.54, 1.807) is 6.07 Å². The van der Waals surface area contributed by atoms with Gasteiger partial charge in [-0.1, -0.05) is 12.1 Å². The largest absolute Gasteiger partial charge is 0.493 e. The van der Waals surface area contributed by atoms with E-state index in [1.807, 2.05) is 12.1 Å². The molecular formula is C7H6BIO3. The summed E-state index contributed by atoms with van der Waals surface area (Å²) in [7, 11) is -0.982. The number of hydrogen-bond acceptors (Lipinski definition) is 3. The van der Waals surface area contributed by atoms with Crippen molar-refractivity contribution in [3.05, 3.63) is 27.3 Å². The predicted molar refractivity (Wildman–Crippen MR) is 52.8 cm³/mol. The molecule has 0 bridgehead atoms. The summed E-state index contributed by atoms with van der Waals surface area (Å²) >= 11 is 2.10. The van der Waals surface area contributed by atoms with Crippen LogP contribution in [0.25, 0.3) is 0 Å². The second kappa shape index (κ2) is 2.99. The SMILES string of the molecule is OB1OC(O)c2c(I)cccc21. The van der Waals surface area contributed by atoms with Crippen LogP contribution >= 0.6 is 22.6 Å². The minimum atomic E-state index is -0.983. The van der Waals surface area contributed by atoms with Gasteiger partial charge >= 0.3 is 7.12 Å². The first-order valence-corrected chi connectivity index (χ1v) is 4.58. The van der Waals surface area contributed by atoms with Gasteiger partial charge in [-0.3, -0.25) is 0 Å². The molecule has 0 saturated heterocycles. The molecule has 0 saturated carbocycles. The number of aliphatic hydroxyl groups excluding tert-OH is 1. The maximum absolute atomic E-state index is 9.35. The molecule has 0 aliphatic carbocycles. The Hall–Kier alpha value is -0.105. The first-order valence-electron chi connectivity index (χ1n) is 3.50. The van der Waals surface area contributed by atoms with Crippen molar-refractivity contribution in [2.24, 2.45) is 0 Å². The van der Waals surface area contributed by atoms with Crippen LogP contribution in [-0.4, -0.2) is 17.2 Å². The summed E-state index contributed by atoms with van der Waals surface area (Å²) in [6, 6.07) is 5.44. The first kappa shape index (κ1) is 8.49. The third kappa shape index (κ3) is 1.17. The van der Waals surface area contributed by atoms with Gasteiger partial charge in [0.05, 0.1) is 0 Å². The molecule has 62 valence electrons. The minimum Gasteiger partial charge on any atom is -0.423 e. The van der Waals surface area contributed by atoms with E-state index in [0.717, 1.165) is 3.57 Å². The van der Waals surface area contributed by atoms with Crippen LogP contribution in [0.2, 0.25) is 0 Å². The predicted octanol–water partition coefficient (Wildman–Crippen LogP) is -0.000200. The maximum atomic E-state index is 9.35. The zero-order chi connectivity index (χ0) is 8.72. The molecule has 3 nitrogen and oxygen atoms in total. The summed E-state index contributed by atoms with van der Waals surface area (Å²) in [4.78, 5) is 0. The molecule has 12 heavy (non-hydrogen) atoms. The summed E-state index contributed by atoms with van der Waals surface area (Å²) in [5, 5.41) is 18.6. The molecule has 1 aliphatic heterocycles. The van der Waals surface area contributed by atoms with Crippen molar-refractivity contribution < 1.29 is 14.8 Å². The highest BCUT2D eigenvalue weighted by Crippen LogP contribution is 2.24. The number of aliphatic hydroxyl groups is 1. The summed E-state index contributed by atoms with van der Waals surface area (Å²) in [6.45, 7) is 0. The van der Waals surface area contributed by atoms with Crippen LogP contribution in [-0.2, 0) is 4.65 Å². The molecule has 2 rings (SSSR count). The second-order valence-electron chi connectivity index (χ2n) is 2.58. The topological polar surface area (TPSA) is 49.7 Å². The molecule has 1 aromatic carbocycles. The molecule has 5 heteroatoms. The molecule has 1 atom stereocenters. The number of halogens is 1. The van der Waals surface area contributed by atoms with Gasteiger partial charge in [-0.05, 0) is 34.1 Å². The summed E-state index contributed by atoms with van der Waals surface area (Å²) in [6.07, 6.45) is -0.983. The van der Waals surface area contributed by atoms with Crippen LogP contribution in [0.15, 0.2) is 18.2 Å².